The fraction of sp³-hybridized carbons (Fsp3) is 0.471. The highest BCUT2D eigenvalue weighted by Gasteiger charge is 2.43. The van der Waals surface area contributed by atoms with Crippen molar-refractivity contribution in [3.63, 3.8) is 0 Å². The van der Waals surface area contributed by atoms with E-state index in [-0.39, 0.29) is 24.8 Å². The first kappa shape index (κ1) is 16.4. The number of likely N-dealkylation sites (tertiary alicyclic amines) is 1. The van der Waals surface area contributed by atoms with Gasteiger partial charge in [-0.25, -0.2) is 4.79 Å². The first-order chi connectivity index (χ1) is 11.4. The Bertz CT molecular complexity index is 689. The second kappa shape index (κ2) is 6.24. The maximum atomic E-state index is 12.8. The number of hydrogen-bond acceptors (Lipinski definition) is 5. The number of aliphatic hydroxyl groups is 1. The normalized spacial score (nSPS) is 24.0. The van der Waals surface area contributed by atoms with Crippen molar-refractivity contribution in [2.24, 2.45) is 0 Å². The maximum Gasteiger partial charge on any atom is 0.328 e. The molecule has 0 spiro atoms. The van der Waals surface area contributed by atoms with Crippen LogP contribution >= 0.6 is 0 Å². The molecule has 2 unspecified atom stereocenters. The molecule has 0 saturated carbocycles. The van der Waals surface area contributed by atoms with Gasteiger partial charge in [-0.15, -0.1) is 0 Å². The molecule has 1 aromatic rings. The lowest BCUT2D eigenvalue weighted by Crippen LogP contribution is -2.51. The van der Waals surface area contributed by atoms with E-state index in [4.69, 9.17) is 4.74 Å². The molecular formula is C17H20N2O5. The summed E-state index contributed by atoms with van der Waals surface area (Å²) in [5.74, 6) is -1.10. The van der Waals surface area contributed by atoms with Gasteiger partial charge in [-0.1, -0.05) is 18.2 Å². The largest absolute Gasteiger partial charge is 0.467 e. The number of hydrogen-bond donors (Lipinski definition) is 1. The van der Waals surface area contributed by atoms with E-state index in [2.05, 4.69) is 0 Å². The van der Waals surface area contributed by atoms with Crippen LogP contribution in [-0.2, 0) is 20.9 Å². The number of aliphatic hydroxyl groups excluding tert-OH is 1. The Morgan fingerprint density at radius 3 is 2.71 bits per heavy atom. The molecule has 0 aliphatic carbocycles. The number of rotatable bonds is 3. The molecule has 7 heteroatoms. The first-order valence-electron chi connectivity index (χ1n) is 7.89. The van der Waals surface area contributed by atoms with Crippen LogP contribution in [0.1, 0.15) is 29.3 Å². The van der Waals surface area contributed by atoms with Crippen LogP contribution in [0.3, 0.4) is 0 Å². The van der Waals surface area contributed by atoms with Gasteiger partial charge in [0.15, 0.2) is 0 Å². The van der Waals surface area contributed by atoms with Crippen molar-refractivity contribution in [1.82, 2.24) is 9.80 Å². The molecule has 0 bridgehead atoms. The minimum atomic E-state index is -0.806. The van der Waals surface area contributed by atoms with Crippen molar-refractivity contribution in [1.29, 1.82) is 0 Å². The lowest BCUT2D eigenvalue weighted by atomic mass is 10.1. The Labute approximate surface area is 139 Å². The Morgan fingerprint density at radius 2 is 2.04 bits per heavy atom. The summed E-state index contributed by atoms with van der Waals surface area (Å²) in [6, 6.07) is 5.72. The molecule has 2 aliphatic rings. The average Bonchev–Trinajstić information content (AvgIpc) is 3.14. The quantitative estimate of drug-likeness (QED) is 0.797. The van der Waals surface area contributed by atoms with E-state index in [1.165, 1.54) is 16.9 Å². The molecule has 0 radical (unpaired) electrons. The van der Waals surface area contributed by atoms with Gasteiger partial charge in [0.1, 0.15) is 12.1 Å². The third-order valence-electron chi connectivity index (χ3n) is 4.71. The monoisotopic (exact) mass is 332 g/mol. The molecule has 1 saturated heterocycles. The average molecular weight is 332 g/mol. The fourth-order valence-corrected chi connectivity index (χ4v) is 3.38. The SMILES string of the molecule is COC(=O)C1CC(O)CN1C(=O)[C@H](C)N1Cc2ccccc2C1=O. The number of esters is 1. The Balaban J connectivity index is 1.78. The zero-order chi connectivity index (χ0) is 17.4. The molecule has 0 aromatic heterocycles. The van der Waals surface area contributed by atoms with Crippen molar-refractivity contribution in [2.45, 2.75) is 38.1 Å². The Morgan fingerprint density at radius 1 is 1.33 bits per heavy atom. The lowest BCUT2D eigenvalue weighted by Gasteiger charge is -2.30. The van der Waals surface area contributed by atoms with Crippen LogP contribution in [-0.4, -0.2) is 64.5 Å². The van der Waals surface area contributed by atoms with Gasteiger partial charge in [0, 0.05) is 25.1 Å². The standard InChI is InChI=1S/C17H20N2O5/c1-10(18-8-11-5-3-4-6-13(11)16(18)22)15(21)19-9-12(20)7-14(19)17(23)24-2/h3-6,10,12,14,20H,7-9H2,1-2H3/t10-,12?,14?/m0/s1. The molecule has 2 aliphatic heterocycles. The van der Waals surface area contributed by atoms with Gasteiger partial charge in [0.2, 0.25) is 5.91 Å². The third-order valence-corrected chi connectivity index (χ3v) is 4.71. The number of ether oxygens (including phenoxy) is 1. The van der Waals surface area contributed by atoms with Gasteiger partial charge in [0.25, 0.3) is 5.91 Å². The smallest absolute Gasteiger partial charge is 0.328 e. The van der Waals surface area contributed by atoms with Gasteiger partial charge in [-0.05, 0) is 18.6 Å². The van der Waals surface area contributed by atoms with Crippen LogP contribution in [0.4, 0.5) is 0 Å². The van der Waals surface area contributed by atoms with Crippen molar-refractivity contribution in [2.75, 3.05) is 13.7 Å². The van der Waals surface area contributed by atoms with E-state index in [0.717, 1.165) is 5.56 Å². The van der Waals surface area contributed by atoms with Gasteiger partial charge in [-0.3, -0.25) is 9.59 Å². The van der Waals surface area contributed by atoms with Gasteiger partial charge in [-0.2, -0.15) is 0 Å². The number of fused-ring (bicyclic) bond motifs is 1. The highest BCUT2D eigenvalue weighted by atomic mass is 16.5. The molecule has 1 aromatic carbocycles. The van der Waals surface area contributed by atoms with Gasteiger partial charge in [0.05, 0.1) is 13.2 Å². The van der Waals surface area contributed by atoms with E-state index in [1.807, 2.05) is 12.1 Å². The van der Waals surface area contributed by atoms with E-state index < -0.39 is 24.2 Å². The Kier molecular flexibility index (Phi) is 4.28. The van der Waals surface area contributed by atoms with Crippen LogP contribution in [0.5, 0.6) is 0 Å². The topological polar surface area (TPSA) is 87.2 Å². The van der Waals surface area contributed by atoms with Gasteiger partial charge < -0.3 is 19.6 Å². The molecule has 7 nitrogen and oxygen atoms in total. The molecule has 3 atom stereocenters. The number of benzene rings is 1. The highest BCUT2D eigenvalue weighted by Crippen LogP contribution is 2.27. The number of carbonyl (C=O) groups is 3. The number of methoxy groups -OCH3 is 1. The van der Waals surface area contributed by atoms with E-state index in [9.17, 15) is 19.5 Å². The summed E-state index contributed by atoms with van der Waals surface area (Å²) < 4.78 is 4.72. The van der Waals surface area contributed by atoms with E-state index >= 15 is 0 Å². The van der Waals surface area contributed by atoms with Crippen molar-refractivity contribution in [3.05, 3.63) is 35.4 Å². The maximum absolute atomic E-state index is 12.8. The van der Waals surface area contributed by atoms with E-state index in [1.54, 1.807) is 19.1 Å². The van der Waals surface area contributed by atoms with Crippen molar-refractivity contribution in [3.8, 4) is 0 Å². The highest BCUT2D eigenvalue weighted by molar-refractivity contribution is 6.01. The predicted octanol–water partition coefficient (Wildman–Crippen LogP) is 0.166. The number of β-amino-alcohol motifs (C(OH)–C–C–N with tert-alkyl or cyclic N) is 1. The summed E-state index contributed by atoms with van der Waals surface area (Å²) in [6.07, 6.45) is -0.615. The van der Waals surface area contributed by atoms with Crippen LogP contribution in [0.2, 0.25) is 0 Å². The summed E-state index contributed by atoms with van der Waals surface area (Å²) in [7, 11) is 1.25. The van der Waals surface area contributed by atoms with Crippen LogP contribution in [0.15, 0.2) is 24.3 Å². The Hall–Kier alpha value is -2.41. The molecule has 2 heterocycles. The molecule has 2 amide bonds. The molecule has 128 valence electrons. The molecule has 3 rings (SSSR count). The van der Waals surface area contributed by atoms with Crippen molar-refractivity contribution >= 4 is 17.8 Å². The zero-order valence-electron chi connectivity index (χ0n) is 13.6. The number of carbonyl (C=O) groups excluding carboxylic acids is 3. The zero-order valence-corrected chi connectivity index (χ0v) is 13.6. The summed E-state index contributed by atoms with van der Waals surface area (Å²) in [5.41, 5.74) is 1.48. The summed E-state index contributed by atoms with van der Waals surface area (Å²) in [6.45, 7) is 2.07. The predicted molar refractivity (Wildman–Crippen MR) is 83.9 cm³/mol. The third kappa shape index (κ3) is 2.65. The van der Waals surface area contributed by atoms with E-state index in [0.29, 0.717) is 12.1 Å². The minimum absolute atomic E-state index is 0.0674. The number of amides is 2. The minimum Gasteiger partial charge on any atom is -0.467 e. The second-order valence-electron chi connectivity index (χ2n) is 6.19. The second-order valence-corrected chi connectivity index (χ2v) is 6.19. The van der Waals surface area contributed by atoms with Gasteiger partial charge >= 0.3 is 5.97 Å². The van der Waals surface area contributed by atoms with Crippen molar-refractivity contribution < 1.29 is 24.2 Å². The van der Waals surface area contributed by atoms with Crippen LogP contribution < -0.4 is 0 Å². The first-order valence-corrected chi connectivity index (χ1v) is 7.89. The summed E-state index contributed by atoms with van der Waals surface area (Å²) in [5, 5.41) is 9.82. The fourth-order valence-electron chi connectivity index (χ4n) is 3.38. The summed E-state index contributed by atoms with van der Waals surface area (Å²) in [4.78, 5) is 40.0. The summed E-state index contributed by atoms with van der Waals surface area (Å²) >= 11 is 0. The molecular weight excluding hydrogens is 312 g/mol. The van der Waals surface area contributed by atoms with Crippen LogP contribution in [0, 0.1) is 0 Å². The number of nitrogens with zero attached hydrogens (tertiary/aromatic N) is 2. The molecule has 24 heavy (non-hydrogen) atoms. The molecule has 1 N–H and O–H groups in total. The van der Waals surface area contributed by atoms with Crippen LogP contribution in [0.25, 0.3) is 0 Å². The molecule has 1 fully saturated rings. The lowest BCUT2D eigenvalue weighted by molar-refractivity contribution is -0.152.